The summed E-state index contributed by atoms with van der Waals surface area (Å²) >= 11 is 11.7. The highest BCUT2D eigenvalue weighted by molar-refractivity contribution is 7.92. The van der Waals surface area contributed by atoms with Crippen molar-refractivity contribution in [1.82, 2.24) is 0 Å². The summed E-state index contributed by atoms with van der Waals surface area (Å²) in [4.78, 5) is 0.206. The van der Waals surface area contributed by atoms with Gasteiger partial charge in [0.05, 0.1) is 20.6 Å². The standard InChI is InChI=1S/C15H15Cl2NO2S/c1-10(2)11-3-6-13(7-4-11)21(19,20)18-12-5-8-14(16)15(17)9-12/h3-10,18H,1-2H3. The fourth-order valence-electron chi connectivity index (χ4n) is 1.81. The molecule has 2 aromatic rings. The quantitative estimate of drug-likeness (QED) is 0.856. The van der Waals surface area contributed by atoms with Gasteiger partial charge in [-0.2, -0.15) is 0 Å². The van der Waals surface area contributed by atoms with Crippen LogP contribution in [-0.4, -0.2) is 8.42 Å². The summed E-state index contributed by atoms with van der Waals surface area (Å²) in [7, 11) is -3.64. The zero-order valence-corrected chi connectivity index (χ0v) is 13.9. The van der Waals surface area contributed by atoms with Crippen molar-refractivity contribution in [2.75, 3.05) is 4.72 Å². The molecule has 0 aliphatic rings. The molecule has 3 nitrogen and oxygen atoms in total. The summed E-state index contributed by atoms with van der Waals surface area (Å²) in [5, 5.41) is 0.674. The summed E-state index contributed by atoms with van der Waals surface area (Å²) in [6.45, 7) is 4.11. The Morgan fingerprint density at radius 2 is 1.57 bits per heavy atom. The van der Waals surface area contributed by atoms with Crippen molar-refractivity contribution in [2.24, 2.45) is 0 Å². The molecule has 2 rings (SSSR count). The molecule has 6 heteroatoms. The second-order valence-corrected chi connectivity index (χ2v) is 7.45. The van der Waals surface area contributed by atoms with E-state index in [0.29, 0.717) is 21.7 Å². The Morgan fingerprint density at radius 1 is 0.952 bits per heavy atom. The molecule has 0 radical (unpaired) electrons. The smallest absolute Gasteiger partial charge is 0.261 e. The predicted molar refractivity (Wildman–Crippen MR) is 87.8 cm³/mol. The van der Waals surface area contributed by atoms with Gasteiger partial charge in [0.15, 0.2) is 0 Å². The molecule has 112 valence electrons. The van der Waals surface area contributed by atoms with E-state index in [1.807, 2.05) is 12.1 Å². The number of nitrogens with one attached hydrogen (secondary N) is 1. The minimum atomic E-state index is -3.64. The first-order chi connectivity index (χ1) is 9.79. The first-order valence-electron chi connectivity index (χ1n) is 6.37. The second kappa shape index (κ2) is 6.26. The molecule has 1 N–H and O–H groups in total. The van der Waals surface area contributed by atoms with Gasteiger partial charge in [-0.15, -0.1) is 0 Å². The Labute approximate surface area is 135 Å². The molecule has 0 saturated carbocycles. The first-order valence-corrected chi connectivity index (χ1v) is 8.61. The van der Waals surface area contributed by atoms with Crippen molar-refractivity contribution in [3.63, 3.8) is 0 Å². The van der Waals surface area contributed by atoms with Crippen LogP contribution >= 0.6 is 23.2 Å². The Bertz CT molecular complexity index is 741. The lowest BCUT2D eigenvalue weighted by atomic mass is 10.0. The van der Waals surface area contributed by atoms with E-state index in [1.54, 1.807) is 24.3 Å². The van der Waals surface area contributed by atoms with Crippen molar-refractivity contribution in [1.29, 1.82) is 0 Å². The van der Waals surface area contributed by atoms with E-state index < -0.39 is 10.0 Å². The van der Waals surface area contributed by atoms with E-state index in [4.69, 9.17) is 23.2 Å². The van der Waals surface area contributed by atoms with E-state index in [-0.39, 0.29) is 4.90 Å². The van der Waals surface area contributed by atoms with Crippen LogP contribution in [0.1, 0.15) is 25.3 Å². The number of sulfonamides is 1. The molecule has 0 heterocycles. The van der Waals surface area contributed by atoms with Gasteiger partial charge in [-0.1, -0.05) is 49.2 Å². The van der Waals surface area contributed by atoms with Crippen LogP contribution in [0, 0.1) is 0 Å². The van der Waals surface area contributed by atoms with Crippen LogP contribution in [0.2, 0.25) is 10.0 Å². The first kappa shape index (κ1) is 16.1. The molecule has 0 unspecified atom stereocenters. The molecule has 0 fully saturated rings. The summed E-state index contributed by atoms with van der Waals surface area (Å²) in [6.07, 6.45) is 0. The van der Waals surface area contributed by atoms with Crippen LogP contribution in [0.15, 0.2) is 47.4 Å². The van der Waals surface area contributed by atoms with E-state index in [0.717, 1.165) is 5.56 Å². The maximum atomic E-state index is 12.3. The maximum absolute atomic E-state index is 12.3. The fraction of sp³-hybridized carbons (Fsp3) is 0.200. The van der Waals surface area contributed by atoms with Crippen molar-refractivity contribution in [3.8, 4) is 0 Å². The number of rotatable bonds is 4. The van der Waals surface area contributed by atoms with Crippen molar-refractivity contribution in [2.45, 2.75) is 24.7 Å². The molecule has 0 aliphatic carbocycles. The molecular weight excluding hydrogens is 329 g/mol. The van der Waals surface area contributed by atoms with Crippen LogP contribution in [-0.2, 0) is 10.0 Å². The van der Waals surface area contributed by atoms with Crippen LogP contribution in [0.4, 0.5) is 5.69 Å². The van der Waals surface area contributed by atoms with Gasteiger partial charge < -0.3 is 0 Å². The molecule has 0 saturated heterocycles. The van der Waals surface area contributed by atoms with E-state index in [1.165, 1.54) is 6.07 Å². The van der Waals surface area contributed by atoms with E-state index in [2.05, 4.69) is 18.6 Å². The third kappa shape index (κ3) is 3.90. The molecule has 0 amide bonds. The summed E-state index contributed by atoms with van der Waals surface area (Å²) < 4.78 is 27.1. The van der Waals surface area contributed by atoms with E-state index in [9.17, 15) is 8.42 Å². The molecule has 0 atom stereocenters. The van der Waals surface area contributed by atoms with Crippen LogP contribution in [0.25, 0.3) is 0 Å². The zero-order valence-electron chi connectivity index (χ0n) is 11.6. The molecule has 0 aromatic heterocycles. The lowest BCUT2D eigenvalue weighted by Crippen LogP contribution is -2.13. The zero-order chi connectivity index (χ0) is 15.6. The molecule has 2 aromatic carbocycles. The topological polar surface area (TPSA) is 46.2 Å². The van der Waals surface area contributed by atoms with Gasteiger partial charge in [-0.3, -0.25) is 4.72 Å². The minimum absolute atomic E-state index is 0.206. The lowest BCUT2D eigenvalue weighted by molar-refractivity contribution is 0.601. The van der Waals surface area contributed by atoms with E-state index >= 15 is 0 Å². The Kier molecular flexibility index (Phi) is 4.81. The summed E-state index contributed by atoms with van der Waals surface area (Å²) in [6, 6.07) is 11.4. The molecule has 0 spiro atoms. The van der Waals surface area contributed by atoms with Gasteiger partial charge in [0.25, 0.3) is 10.0 Å². The number of hydrogen-bond acceptors (Lipinski definition) is 2. The lowest BCUT2D eigenvalue weighted by Gasteiger charge is -2.10. The largest absolute Gasteiger partial charge is 0.280 e. The van der Waals surface area contributed by atoms with Crippen molar-refractivity contribution in [3.05, 3.63) is 58.1 Å². The Hall–Kier alpha value is -1.23. The highest BCUT2D eigenvalue weighted by atomic mass is 35.5. The molecule has 21 heavy (non-hydrogen) atoms. The van der Waals surface area contributed by atoms with Gasteiger partial charge in [0.1, 0.15) is 0 Å². The van der Waals surface area contributed by atoms with Gasteiger partial charge >= 0.3 is 0 Å². The van der Waals surface area contributed by atoms with Crippen molar-refractivity contribution >= 4 is 38.9 Å². The van der Waals surface area contributed by atoms with Gasteiger partial charge in [0.2, 0.25) is 0 Å². The third-order valence-corrected chi connectivity index (χ3v) is 5.17. The van der Waals surface area contributed by atoms with Crippen LogP contribution in [0.5, 0.6) is 0 Å². The van der Waals surface area contributed by atoms with Gasteiger partial charge in [-0.25, -0.2) is 8.42 Å². The minimum Gasteiger partial charge on any atom is -0.280 e. The van der Waals surface area contributed by atoms with Crippen molar-refractivity contribution < 1.29 is 8.42 Å². The average molecular weight is 344 g/mol. The molecule has 0 bridgehead atoms. The average Bonchev–Trinajstić information content (AvgIpc) is 2.43. The normalized spacial score (nSPS) is 11.7. The predicted octanol–water partition coefficient (Wildman–Crippen LogP) is 4.92. The Balaban J connectivity index is 2.27. The van der Waals surface area contributed by atoms with Crippen LogP contribution < -0.4 is 4.72 Å². The highest BCUT2D eigenvalue weighted by Crippen LogP contribution is 2.26. The number of halogens is 2. The monoisotopic (exact) mass is 343 g/mol. The number of hydrogen-bond donors (Lipinski definition) is 1. The fourth-order valence-corrected chi connectivity index (χ4v) is 3.15. The Morgan fingerprint density at radius 3 is 2.10 bits per heavy atom. The summed E-state index contributed by atoms with van der Waals surface area (Å²) in [5.74, 6) is 0.352. The SMILES string of the molecule is CC(C)c1ccc(S(=O)(=O)Nc2ccc(Cl)c(Cl)c2)cc1. The third-order valence-electron chi connectivity index (χ3n) is 3.03. The highest BCUT2D eigenvalue weighted by Gasteiger charge is 2.15. The molecular formula is C15H15Cl2NO2S. The summed E-state index contributed by atoms with van der Waals surface area (Å²) in [5.41, 5.74) is 1.46. The maximum Gasteiger partial charge on any atom is 0.261 e. The van der Waals surface area contributed by atoms with Gasteiger partial charge in [0, 0.05) is 0 Å². The van der Waals surface area contributed by atoms with Gasteiger partial charge in [-0.05, 0) is 41.8 Å². The second-order valence-electron chi connectivity index (χ2n) is 4.96. The van der Waals surface area contributed by atoms with Crippen LogP contribution in [0.3, 0.4) is 0 Å². The number of anilines is 1. The molecule has 0 aliphatic heterocycles. The number of benzene rings is 2.